The van der Waals surface area contributed by atoms with Gasteiger partial charge in [-0.2, -0.15) is 4.98 Å². The molecular weight excluding hydrogens is 224 g/mol. The molecule has 0 amide bonds. The van der Waals surface area contributed by atoms with Gasteiger partial charge in [0.05, 0.1) is 5.41 Å². The maximum absolute atomic E-state index is 11.3. The van der Waals surface area contributed by atoms with Gasteiger partial charge in [-0.15, -0.1) is 0 Å². The third-order valence-corrected chi connectivity index (χ3v) is 3.08. The number of hydrogen-bond donors (Lipinski definition) is 1. The number of carboxylic acids is 1. The van der Waals surface area contributed by atoms with E-state index in [0.29, 0.717) is 24.6 Å². The summed E-state index contributed by atoms with van der Waals surface area (Å²) in [5.74, 6) is -0.0360. The Labute approximate surface area is 100.0 Å². The van der Waals surface area contributed by atoms with E-state index >= 15 is 0 Å². The smallest absolute Gasteiger partial charge is 0.310 e. The predicted molar refractivity (Wildman–Crippen MR) is 59.4 cm³/mol. The zero-order valence-corrected chi connectivity index (χ0v) is 10.4. The number of methoxy groups -OCH3 is 1. The molecule has 1 N–H and O–H groups in total. The fourth-order valence-corrected chi connectivity index (χ4v) is 1.72. The van der Waals surface area contributed by atoms with Gasteiger partial charge in [0.15, 0.2) is 5.82 Å². The molecule has 0 atom stereocenters. The minimum atomic E-state index is -0.825. The first-order valence-corrected chi connectivity index (χ1v) is 5.61. The van der Waals surface area contributed by atoms with Crippen LogP contribution in [0, 0.1) is 5.41 Å². The average molecular weight is 242 g/mol. The number of aliphatic carboxylic acids is 1. The molecule has 1 aromatic heterocycles. The highest BCUT2D eigenvalue weighted by Gasteiger charge is 2.37. The van der Waals surface area contributed by atoms with Gasteiger partial charge >= 0.3 is 5.97 Å². The lowest BCUT2D eigenvalue weighted by Crippen LogP contribution is -2.32. The highest BCUT2D eigenvalue weighted by atomic mass is 16.5. The molecule has 1 heterocycles. The van der Waals surface area contributed by atoms with Gasteiger partial charge < -0.3 is 14.4 Å². The number of rotatable bonds is 7. The van der Waals surface area contributed by atoms with Crippen LogP contribution >= 0.6 is 0 Å². The van der Waals surface area contributed by atoms with Crippen LogP contribution in [-0.4, -0.2) is 28.3 Å². The van der Waals surface area contributed by atoms with Crippen molar-refractivity contribution >= 4 is 5.97 Å². The minimum Gasteiger partial charge on any atom is -0.481 e. The van der Waals surface area contributed by atoms with Crippen molar-refractivity contribution in [3.63, 3.8) is 0 Å². The predicted octanol–water partition coefficient (Wildman–Crippen LogP) is 1.65. The van der Waals surface area contributed by atoms with E-state index in [1.807, 2.05) is 13.8 Å². The highest BCUT2D eigenvalue weighted by Crippen LogP contribution is 2.30. The molecule has 0 unspecified atom stereocenters. The van der Waals surface area contributed by atoms with Crippen molar-refractivity contribution in [3.8, 4) is 0 Å². The van der Waals surface area contributed by atoms with E-state index in [0.717, 1.165) is 0 Å². The number of nitrogens with zero attached hydrogens (tertiary/aromatic N) is 2. The molecule has 0 spiro atoms. The summed E-state index contributed by atoms with van der Waals surface area (Å²) in [5, 5.41) is 13.0. The number of carbonyl (C=O) groups is 1. The lowest BCUT2D eigenvalue weighted by Gasteiger charge is -2.24. The number of carboxylic acid groups (broad SMARTS) is 1. The Balaban J connectivity index is 2.82. The SMILES string of the molecule is CCC(CC)(Cc1nc(COC)no1)C(=O)O. The van der Waals surface area contributed by atoms with Gasteiger partial charge in [-0.3, -0.25) is 4.79 Å². The van der Waals surface area contributed by atoms with Crippen LogP contribution in [0.5, 0.6) is 0 Å². The summed E-state index contributed by atoms with van der Waals surface area (Å²) in [6.07, 6.45) is 1.31. The van der Waals surface area contributed by atoms with Crippen molar-refractivity contribution in [3.05, 3.63) is 11.7 Å². The molecule has 0 aliphatic carbocycles. The molecule has 0 bridgehead atoms. The number of aromatic nitrogens is 2. The fraction of sp³-hybridized carbons (Fsp3) is 0.727. The van der Waals surface area contributed by atoms with Gasteiger partial charge in [-0.1, -0.05) is 19.0 Å². The van der Waals surface area contributed by atoms with Gasteiger partial charge in [0, 0.05) is 13.5 Å². The molecule has 6 heteroatoms. The first kappa shape index (κ1) is 13.6. The second-order valence-electron chi connectivity index (χ2n) is 4.01. The standard InChI is InChI=1S/C11H18N2O4/c1-4-11(5-2,10(14)15)6-9-12-8(7-16-3)13-17-9/h4-7H2,1-3H3,(H,14,15). The number of ether oxygens (including phenoxy) is 1. The van der Waals surface area contributed by atoms with Gasteiger partial charge in [0.1, 0.15) is 6.61 Å². The van der Waals surface area contributed by atoms with E-state index in [2.05, 4.69) is 10.1 Å². The fourth-order valence-electron chi connectivity index (χ4n) is 1.72. The zero-order valence-electron chi connectivity index (χ0n) is 10.4. The lowest BCUT2D eigenvalue weighted by atomic mass is 9.79. The Morgan fingerprint density at radius 2 is 2.12 bits per heavy atom. The Hall–Kier alpha value is -1.43. The summed E-state index contributed by atoms with van der Waals surface area (Å²) in [6.45, 7) is 3.97. The van der Waals surface area contributed by atoms with Gasteiger partial charge in [0.2, 0.25) is 5.89 Å². The molecule has 96 valence electrons. The molecule has 6 nitrogen and oxygen atoms in total. The zero-order chi connectivity index (χ0) is 12.9. The van der Waals surface area contributed by atoms with Crippen LogP contribution < -0.4 is 0 Å². The Morgan fingerprint density at radius 1 is 1.47 bits per heavy atom. The van der Waals surface area contributed by atoms with Crippen LogP contribution in [0.1, 0.15) is 38.4 Å². The molecule has 0 saturated heterocycles. The molecule has 0 aliphatic rings. The van der Waals surface area contributed by atoms with Crippen LogP contribution in [0.3, 0.4) is 0 Å². The maximum atomic E-state index is 11.3. The van der Waals surface area contributed by atoms with Crippen LogP contribution in [0.25, 0.3) is 0 Å². The van der Waals surface area contributed by atoms with E-state index < -0.39 is 11.4 Å². The molecule has 1 rings (SSSR count). The largest absolute Gasteiger partial charge is 0.481 e. The van der Waals surface area contributed by atoms with Crippen molar-refractivity contribution < 1.29 is 19.2 Å². The summed E-state index contributed by atoms with van der Waals surface area (Å²) < 4.78 is 9.89. The van der Waals surface area contributed by atoms with Gasteiger partial charge in [0.25, 0.3) is 0 Å². The second-order valence-corrected chi connectivity index (χ2v) is 4.01. The highest BCUT2D eigenvalue weighted by molar-refractivity contribution is 5.74. The molecule has 0 fully saturated rings. The van der Waals surface area contributed by atoms with E-state index in [1.165, 1.54) is 7.11 Å². The first-order valence-electron chi connectivity index (χ1n) is 5.61. The summed E-state index contributed by atoms with van der Waals surface area (Å²) in [7, 11) is 1.54. The van der Waals surface area contributed by atoms with Crippen molar-refractivity contribution in [2.24, 2.45) is 5.41 Å². The lowest BCUT2D eigenvalue weighted by molar-refractivity contribution is -0.149. The summed E-state index contributed by atoms with van der Waals surface area (Å²) >= 11 is 0. The van der Waals surface area contributed by atoms with Crippen molar-refractivity contribution in [1.82, 2.24) is 10.1 Å². The monoisotopic (exact) mass is 242 g/mol. The number of hydrogen-bond acceptors (Lipinski definition) is 5. The van der Waals surface area contributed by atoms with Crippen LogP contribution in [0.2, 0.25) is 0 Å². The van der Waals surface area contributed by atoms with Gasteiger partial charge in [-0.05, 0) is 12.8 Å². The van der Waals surface area contributed by atoms with Gasteiger partial charge in [-0.25, -0.2) is 0 Å². The normalized spacial score (nSPS) is 11.7. The molecular formula is C11H18N2O4. The molecule has 17 heavy (non-hydrogen) atoms. The van der Waals surface area contributed by atoms with E-state index in [4.69, 9.17) is 9.26 Å². The summed E-state index contributed by atoms with van der Waals surface area (Å²) in [5.41, 5.74) is -0.823. The summed E-state index contributed by atoms with van der Waals surface area (Å²) in [4.78, 5) is 15.4. The van der Waals surface area contributed by atoms with Crippen LogP contribution in [0.4, 0.5) is 0 Å². The first-order chi connectivity index (χ1) is 8.07. The Kier molecular flexibility index (Phi) is 4.62. The summed E-state index contributed by atoms with van der Waals surface area (Å²) in [6, 6.07) is 0. The van der Waals surface area contributed by atoms with Crippen molar-refractivity contribution in [1.29, 1.82) is 0 Å². The minimum absolute atomic E-state index is 0.256. The average Bonchev–Trinajstić information content (AvgIpc) is 2.73. The molecule has 1 aromatic rings. The molecule has 0 saturated carbocycles. The van der Waals surface area contributed by atoms with E-state index in [-0.39, 0.29) is 13.0 Å². The Morgan fingerprint density at radius 3 is 2.59 bits per heavy atom. The third-order valence-electron chi connectivity index (χ3n) is 3.08. The topological polar surface area (TPSA) is 85.5 Å². The van der Waals surface area contributed by atoms with E-state index in [9.17, 15) is 9.90 Å². The molecule has 0 radical (unpaired) electrons. The van der Waals surface area contributed by atoms with Crippen LogP contribution in [0.15, 0.2) is 4.52 Å². The van der Waals surface area contributed by atoms with E-state index in [1.54, 1.807) is 0 Å². The second kappa shape index (κ2) is 5.77. The van der Waals surface area contributed by atoms with Crippen molar-refractivity contribution in [2.75, 3.05) is 7.11 Å². The Bertz CT molecular complexity index is 371. The van der Waals surface area contributed by atoms with Crippen molar-refractivity contribution in [2.45, 2.75) is 39.7 Å². The third kappa shape index (κ3) is 3.03. The van der Waals surface area contributed by atoms with Crippen LogP contribution in [-0.2, 0) is 22.6 Å². The molecule has 0 aromatic carbocycles. The molecule has 0 aliphatic heterocycles. The maximum Gasteiger partial charge on any atom is 0.310 e. The quantitative estimate of drug-likeness (QED) is 0.782.